The first-order valence-electron chi connectivity index (χ1n) is 5.85. The Labute approximate surface area is 133 Å². The number of nitrogens with two attached hydrogens (primary N) is 1. The first-order chi connectivity index (χ1) is 9.11. The van der Waals surface area contributed by atoms with Gasteiger partial charge in [-0.3, -0.25) is 4.79 Å². The van der Waals surface area contributed by atoms with Crippen molar-refractivity contribution in [2.24, 2.45) is 5.73 Å². The molecular formula is C14H15Cl2NO2S. The van der Waals surface area contributed by atoms with Gasteiger partial charge in [0, 0.05) is 11.4 Å². The van der Waals surface area contributed by atoms with E-state index in [9.17, 15) is 4.79 Å². The topological polar surface area (TPSA) is 52.3 Å². The molecule has 0 spiro atoms. The summed E-state index contributed by atoms with van der Waals surface area (Å²) in [7, 11) is 0. The fourth-order valence-corrected chi connectivity index (χ4v) is 2.69. The van der Waals surface area contributed by atoms with Crippen LogP contribution in [0.3, 0.4) is 0 Å². The second-order valence-electron chi connectivity index (χ2n) is 4.00. The van der Waals surface area contributed by atoms with E-state index in [2.05, 4.69) is 0 Å². The highest BCUT2D eigenvalue weighted by Crippen LogP contribution is 2.34. The van der Waals surface area contributed by atoms with Gasteiger partial charge in [-0.15, -0.1) is 23.7 Å². The van der Waals surface area contributed by atoms with Crippen LogP contribution < -0.4 is 10.5 Å². The lowest BCUT2D eigenvalue weighted by Gasteiger charge is -2.08. The van der Waals surface area contributed by atoms with Gasteiger partial charge in [0.1, 0.15) is 12.4 Å². The van der Waals surface area contributed by atoms with Crippen LogP contribution in [0.15, 0.2) is 30.3 Å². The molecule has 1 aromatic carbocycles. The molecule has 6 heteroatoms. The van der Waals surface area contributed by atoms with Crippen LogP contribution in [0.4, 0.5) is 0 Å². The van der Waals surface area contributed by atoms with Gasteiger partial charge in [-0.2, -0.15) is 0 Å². The highest BCUT2D eigenvalue weighted by atomic mass is 35.5. The van der Waals surface area contributed by atoms with Crippen molar-refractivity contribution in [1.29, 1.82) is 0 Å². The summed E-state index contributed by atoms with van der Waals surface area (Å²) in [5.74, 6) is 0.687. The van der Waals surface area contributed by atoms with E-state index in [-0.39, 0.29) is 18.2 Å². The van der Waals surface area contributed by atoms with Gasteiger partial charge in [0.25, 0.3) is 0 Å². The van der Waals surface area contributed by atoms with Crippen LogP contribution in [0, 0.1) is 0 Å². The van der Waals surface area contributed by atoms with Crippen molar-refractivity contribution in [2.45, 2.75) is 6.92 Å². The Hall–Kier alpha value is -1.07. The zero-order chi connectivity index (χ0) is 13.8. The minimum Gasteiger partial charge on any atom is -0.491 e. The molecule has 0 aliphatic heterocycles. The molecule has 0 radical (unpaired) electrons. The number of carbonyl (C=O) groups is 1. The quantitative estimate of drug-likeness (QED) is 0.841. The van der Waals surface area contributed by atoms with Crippen LogP contribution in [0.25, 0.3) is 10.4 Å². The molecule has 0 fully saturated rings. The van der Waals surface area contributed by atoms with E-state index in [1.54, 1.807) is 13.0 Å². The lowest BCUT2D eigenvalue weighted by Crippen LogP contribution is -2.10. The molecule has 2 rings (SSSR count). The lowest BCUT2D eigenvalue weighted by atomic mass is 10.2. The standard InChI is InChI=1S/C14H14ClNO2S.ClH/c1-9(17)13-4-5-14(19-13)10-2-3-11(15)12(8-10)18-7-6-16;/h2-5,8H,6-7,16H2,1H3;1H. The summed E-state index contributed by atoms with van der Waals surface area (Å²) in [5.41, 5.74) is 6.39. The molecule has 0 bridgehead atoms. The van der Waals surface area contributed by atoms with Crippen molar-refractivity contribution >= 4 is 41.1 Å². The zero-order valence-corrected chi connectivity index (χ0v) is 13.3. The molecule has 108 valence electrons. The lowest BCUT2D eigenvalue weighted by molar-refractivity contribution is 0.102. The normalized spacial score (nSPS) is 9.95. The Morgan fingerprint density at radius 1 is 1.35 bits per heavy atom. The SMILES string of the molecule is CC(=O)c1ccc(-c2ccc(Cl)c(OCCN)c2)s1.Cl. The fraction of sp³-hybridized carbons (Fsp3) is 0.214. The minimum atomic E-state index is 0. The average Bonchev–Trinajstić information content (AvgIpc) is 2.87. The largest absolute Gasteiger partial charge is 0.491 e. The summed E-state index contributed by atoms with van der Waals surface area (Å²) in [5, 5.41) is 0.556. The van der Waals surface area contributed by atoms with E-state index in [0.717, 1.165) is 15.3 Å². The summed E-state index contributed by atoms with van der Waals surface area (Å²) in [6, 6.07) is 9.33. The van der Waals surface area contributed by atoms with Gasteiger partial charge >= 0.3 is 0 Å². The van der Waals surface area contributed by atoms with Gasteiger partial charge < -0.3 is 10.5 Å². The van der Waals surface area contributed by atoms with Gasteiger partial charge in [0.05, 0.1) is 9.90 Å². The number of hydrogen-bond donors (Lipinski definition) is 1. The molecule has 0 atom stereocenters. The van der Waals surface area contributed by atoms with Crippen LogP contribution >= 0.6 is 35.3 Å². The van der Waals surface area contributed by atoms with E-state index in [4.69, 9.17) is 22.1 Å². The highest BCUT2D eigenvalue weighted by molar-refractivity contribution is 7.17. The molecule has 1 heterocycles. The van der Waals surface area contributed by atoms with E-state index in [1.807, 2.05) is 24.3 Å². The predicted octanol–water partition coefficient (Wildman–Crippen LogP) is 4.03. The number of Topliss-reactive ketones (excluding diaryl/α,β-unsaturated/α-hetero) is 1. The van der Waals surface area contributed by atoms with Crippen molar-refractivity contribution in [1.82, 2.24) is 0 Å². The van der Waals surface area contributed by atoms with Crippen molar-refractivity contribution < 1.29 is 9.53 Å². The molecule has 2 aromatic rings. The summed E-state index contributed by atoms with van der Waals surface area (Å²) < 4.78 is 5.48. The highest BCUT2D eigenvalue weighted by Gasteiger charge is 2.09. The molecule has 0 saturated heterocycles. The first-order valence-corrected chi connectivity index (χ1v) is 7.05. The number of ether oxygens (including phenoxy) is 1. The van der Waals surface area contributed by atoms with E-state index >= 15 is 0 Å². The number of halogens is 2. The number of carbonyl (C=O) groups excluding carboxylic acids is 1. The van der Waals surface area contributed by atoms with Crippen LogP contribution in [0.2, 0.25) is 5.02 Å². The molecule has 2 N–H and O–H groups in total. The number of ketones is 1. The third-order valence-corrected chi connectivity index (χ3v) is 4.09. The van der Waals surface area contributed by atoms with Gasteiger partial charge in [-0.05, 0) is 36.8 Å². The minimum absolute atomic E-state index is 0. The van der Waals surface area contributed by atoms with Crippen molar-refractivity contribution in [2.75, 3.05) is 13.2 Å². The Morgan fingerprint density at radius 3 is 2.70 bits per heavy atom. The Bertz CT molecular complexity index is 599. The monoisotopic (exact) mass is 331 g/mol. The third kappa shape index (κ3) is 3.96. The van der Waals surface area contributed by atoms with Gasteiger partial charge in [-0.25, -0.2) is 0 Å². The summed E-state index contributed by atoms with van der Waals surface area (Å²) >= 11 is 7.52. The van der Waals surface area contributed by atoms with Crippen molar-refractivity contribution in [3.05, 3.63) is 40.2 Å². The second kappa shape index (κ2) is 7.64. The van der Waals surface area contributed by atoms with Crippen LogP contribution in [0.5, 0.6) is 5.75 Å². The average molecular weight is 332 g/mol. The molecule has 0 saturated carbocycles. The van der Waals surface area contributed by atoms with Crippen LogP contribution in [0.1, 0.15) is 16.6 Å². The van der Waals surface area contributed by atoms with E-state index in [1.165, 1.54) is 11.3 Å². The van der Waals surface area contributed by atoms with Crippen molar-refractivity contribution in [3.8, 4) is 16.2 Å². The number of benzene rings is 1. The molecule has 0 unspecified atom stereocenters. The number of thiophene rings is 1. The number of hydrogen-bond acceptors (Lipinski definition) is 4. The molecular weight excluding hydrogens is 317 g/mol. The second-order valence-corrected chi connectivity index (χ2v) is 5.49. The maximum atomic E-state index is 11.3. The first kappa shape index (κ1) is 17.0. The van der Waals surface area contributed by atoms with Gasteiger partial charge in [0.15, 0.2) is 5.78 Å². The van der Waals surface area contributed by atoms with Gasteiger partial charge in [-0.1, -0.05) is 17.7 Å². The summed E-state index contributed by atoms with van der Waals surface area (Å²) in [6.07, 6.45) is 0. The maximum absolute atomic E-state index is 11.3. The predicted molar refractivity (Wildman–Crippen MR) is 86.6 cm³/mol. The van der Waals surface area contributed by atoms with Crippen LogP contribution in [-0.4, -0.2) is 18.9 Å². The Kier molecular flexibility index (Phi) is 6.49. The fourth-order valence-electron chi connectivity index (χ4n) is 1.62. The van der Waals surface area contributed by atoms with Crippen molar-refractivity contribution in [3.63, 3.8) is 0 Å². The molecule has 0 aliphatic rings. The molecule has 1 aromatic heterocycles. The molecule has 20 heavy (non-hydrogen) atoms. The summed E-state index contributed by atoms with van der Waals surface area (Å²) in [6.45, 7) is 2.42. The Morgan fingerprint density at radius 2 is 2.10 bits per heavy atom. The number of rotatable bonds is 5. The Balaban J connectivity index is 0.00000200. The van der Waals surface area contributed by atoms with Crippen LogP contribution in [-0.2, 0) is 0 Å². The smallest absolute Gasteiger partial charge is 0.169 e. The third-order valence-electron chi connectivity index (χ3n) is 2.54. The maximum Gasteiger partial charge on any atom is 0.169 e. The van der Waals surface area contributed by atoms with Gasteiger partial charge in [0.2, 0.25) is 0 Å². The zero-order valence-electron chi connectivity index (χ0n) is 10.9. The van der Waals surface area contributed by atoms with E-state index < -0.39 is 0 Å². The summed E-state index contributed by atoms with van der Waals surface area (Å²) in [4.78, 5) is 13.1. The molecule has 3 nitrogen and oxygen atoms in total. The van der Waals surface area contributed by atoms with E-state index in [0.29, 0.717) is 23.9 Å². The molecule has 0 amide bonds. The molecule has 0 aliphatic carbocycles.